The third-order valence-electron chi connectivity index (χ3n) is 12.4. The highest BCUT2D eigenvalue weighted by molar-refractivity contribution is 5.98. The molecular weight excluding hydrogens is 857 g/mol. The molecule has 0 bridgehead atoms. The van der Waals surface area contributed by atoms with E-state index in [0.29, 0.717) is 18.4 Å². The minimum atomic E-state index is -1.77. The van der Waals surface area contributed by atoms with E-state index < -0.39 is 126 Å². The van der Waals surface area contributed by atoms with Gasteiger partial charge in [0.15, 0.2) is 0 Å². The second kappa shape index (κ2) is 24.7. The number of primary amides is 1. The van der Waals surface area contributed by atoms with Crippen molar-refractivity contribution in [1.82, 2.24) is 36.4 Å². The zero-order valence-electron chi connectivity index (χ0n) is 39.9. The van der Waals surface area contributed by atoms with E-state index >= 15 is 0 Å². The van der Waals surface area contributed by atoms with Crippen LogP contribution in [0.2, 0.25) is 0 Å². The topological polar surface area (TPSA) is 296 Å². The Morgan fingerprint density at radius 2 is 1.42 bits per heavy atom. The Labute approximate surface area is 387 Å². The van der Waals surface area contributed by atoms with Gasteiger partial charge in [0.1, 0.15) is 60.4 Å². The third-order valence-corrected chi connectivity index (χ3v) is 12.4. The molecule has 2 aliphatic rings. The highest BCUT2D eigenvalue weighted by Crippen LogP contribution is 2.27. The number of hydrogen-bond acceptors (Lipinski definition) is 12. The molecule has 2 aliphatic heterocycles. The first-order chi connectivity index (χ1) is 30.9. The maximum Gasteiger partial charge on any atom is 0.329 e. The van der Waals surface area contributed by atoms with E-state index in [0.717, 1.165) is 4.90 Å². The number of aliphatic hydroxyl groups is 1. The van der Waals surface area contributed by atoms with Crippen LogP contribution in [-0.4, -0.2) is 135 Å². The molecule has 1 aromatic carbocycles. The van der Waals surface area contributed by atoms with Crippen LogP contribution in [0, 0.1) is 23.7 Å². The van der Waals surface area contributed by atoms with E-state index in [9.17, 15) is 53.4 Å². The van der Waals surface area contributed by atoms with Crippen LogP contribution in [0.15, 0.2) is 24.3 Å². The number of fused-ring (bicyclic) bond motifs is 1. The second-order valence-electron chi connectivity index (χ2n) is 18.4. The summed E-state index contributed by atoms with van der Waals surface area (Å²) in [7, 11) is 1.40. The van der Waals surface area contributed by atoms with Crippen molar-refractivity contribution in [1.29, 1.82) is 0 Å². The van der Waals surface area contributed by atoms with Crippen LogP contribution in [0.1, 0.15) is 113 Å². The van der Waals surface area contributed by atoms with Crippen molar-refractivity contribution in [3.8, 4) is 5.75 Å². The van der Waals surface area contributed by atoms with Gasteiger partial charge in [0.2, 0.25) is 47.3 Å². The van der Waals surface area contributed by atoms with Gasteiger partial charge >= 0.3 is 5.97 Å². The number of nitrogens with two attached hydrogens (primary N) is 1. The normalized spacial score (nSPS) is 26.4. The van der Waals surface area contributed by atoms with Crippen LogP contribution in [0.3, 0.4) is 0 Å². The number of rotatable bonds is 15. The van der Waals surface area contributed by atoms with Crippen molar-refractivity contribution in [3.63, 3.8) is 0 Å². The second-order valence-corrected chi connectivity index (χ2v) is 18.4. The molecule has 2 saturated heterocycles. The van der Waals surface area contributed by atoms with Crippen molar-refractivity contribution in [2.45, 2.75) is 168 Å². The van der Waals surface area contributed by atoms with Crippen molar-refractivity contribution < 1.29 is 58.1 Å². The van der Waals surface area contributed by atoms with E-state index in [2.05, 4.69) is 26.6 Å². The number of nitrogens with one attached hydrogen (secondary N) is 5. The Bertz CT molecular complexity index is 1910. The first-order valence-electron chi connectivity index (χ1n) is 23.0. The van der Waals surface area contributed by atoms with E-state index in [-0.39, 0.29) is 50.2 Å². The van der Waals surface area contributed by atoms with Crippen molar-refractivity contribution in [2.75, 3.05) is 7.05 Å². The fourth-order valence-corrected chi connectivity index (χ4v) is 7.84. The number of phenols is 1. The molecule has 1 aromatic rings. The lowest BCUT2D eigenvalue weighted by molar-refractivity contribution is -0.158. The van der Waals surface area contributed by atoms with E-state index in [1.807, 2.05) is 6.92 Å². The predicted octanol–water partition coefficient (Wildman–Crippen LogP) is 0.500. The van der Waals surface area contributed by atoms with Crippen LogP contribution in [0.4, 0.5) is 0 Å². The Kier molecular flexibility index (Phi) is 20.4. The number of amides is 8. The number of aliphatic hydroxyl groups excluding tert-OH is 1. The van der Waals surface area contributed by atoms with E-state index in [1.54, 1.807) is 60.6 Å². The smallest absolute Gasteiger partial charge is 0.329 e. The lowest BCUT2D eigenvalue weighted by Crippen LogP contribution is -2.62. The summed E-state index contributed by atoms with van der Waals surface area (Å²) in [6, 6.07) is -3.76. The molecule has 8 amide bonds. The molecule has 11 atom stereocenters. The molecule has 2 fully saturated rings. The van der Waals surface area contributed by atoms with Crippen molar-refractivity contribution >= 4 is 53.2 Å². The molecular formula is C46H72N8O12. The molecule has 0 aliphatic carbocycles. The molecule has 1 unspecified atom stereocenters. The maximum absolute atomic E-state index is 14.6. The predicted molar refractivity (Wildman–Crippen MR) is 241 cm³/mol. The molecule has 20 nitrogen and oxygen atoms in total. The monoisotopic (exact) mass is 929 g/mol. The summed E-state index contributed by atoms with van der Waals surface area (Å²) >= 11 is 0. The highest BCUT2D eigenvalue weighted by atomic mass is 16.5. The minimum Gasteiger partial charge on any atom is -0.508 e. The number of benzene rings is 1. The number of aromatic hydroxyl groups is 1. The Morgan fingerprint density at radius 1 is 0.833 bits per heavy atom. The molecule has 0 saturated carbocycles. The van der Waals surface area contributed by atoms with Gasteiger partial charge in [-0.25, -0.2) is 4.79 Å². The van der Waals surface area contributed by atoms with Gasteiger partial charge in [0.05, 0.1) is 0 Å². The van der Waals surface area contributed by atoms with Crippen LogP contribution >= 0.6 is 0 Å². The number of cyclic esters (lactones) is 1. The van der Waals surface area contributed by atoms with Gasteiger partial charge in [0.25, 0.3) is 0 Å². The third kappa shape index (κ3) is 14.6. The average molecular weight is 929 g/mol. The number of carbonyl (C=O) groups excluding carboxylic acids is 9. The molecule has 20 heteroatoms. The number of esters is 1. The molecule has 66 heavy (non-hydrogen) atoms. The summed E-state index contributed by atoms with van der Waals surface area (Å²) in [6.45, 7) is 15.0. The molecule has 368 valence electrons. The van der Waals surface area contributed by atoms with Gasteiger partial charge in [-0.05, 0) is 68.1 Å². The molecule has 3 rings (SSSR count). The zero-order chi connectivity index (χ0) is 49.7. The molecule has 0 spiro atoms. The quantitative estimate of drug-likeness (QED) is 0.112. The van der Waals surface area contributed by atoms with E-state index in [1.165, 1.54) is 31.0 Å². The summed E-state index contributed by atoms with van der Waals surface area (Å²) < 4.78 is 5.91. The number of carbonyl (C=O) groups is 9. The lowest BCUT2D eigenvalue weighted by Gasteiger charge is -2.35. The SMILES string of the molecule is CC[C@H](C)[C@@H]1NC(=O)[C@H](Cc2ccc(O)cc2)N(C)C(=O)[C@H]([C@@H](C)CC)NC(=O)[C@H]2CCC(O)N2C(=O)[C@H](CC(C)C)NC(=O)[C@@H](NC(=O)[C@H](CCC(N)=O)NC(=O)C(C)C)[C@@H](C)OC1=O. The standard InChI is InChI=1S/C46H72N8O12/c1-11-25(7)36-45(64)53(10)33(22-28-13-15-29(55)16-14-28)42(61)51-37(26(8)12-2)46(65)66-27(9)38(52-40(59)30(17-19-34(47)56)48-39(58)24(5)6)43(62)49-31(21-23(3)4)44(63)54-32(41(60)50-36)18-20-35(54)57/h13-16,23-27,30-33,35-38,55,57H,11-12,17-22H2,1-10H3,(H2,47,56)(H,48,58)(H,49,62)(H,50,60)(H,51,61)(H,52,59)/t25-,26-,27+,30-,31-,32+,33-,35?,36-,37-,38-/m0/s1. The van der Waals surface area contributed by atoms with Gasteiger partial charge in [-0.2, -0.15) is 0 Å². The number of likely N-dealkylation sites (N-methyl/N-ethyl adjacent to an activating group) is 1. The minimum absolute atomic E-state index is 0.00167. The summed E-state index contributed by atoms with van der Waals surface area (Å²) in [6.07, 6.45) is -2.93. The maximum atomic E-state index is 14.6. The average Bonchev–Trinajstić information content (AvgIpc) is 3.65. The van der Waals surface area contributed by atoms with Crippen molar-refractivity contribution in [2.24, 2.45) is 29.4 Å². The zero-order valence-corrected chi connectivity index (χ0v) is 39.9. The number of hydrogen-bond donors (Lipinski definition) is 8. The molecule has 9 N–H and O–H groups in total. The first kappa shape index (κ1) is 54.5. The number of nitrogens with zero attached hydrogens (tertiary/aromatic N) is 2. The van der Waals surface area contributed by atoms with Crippen LogP contribution in [-0.2, 0) is 54.3 Å². The van der Waals surface area contributed by atoms with Gasteiger partial charge in [-0.15, -0.1) is 0 Å². The molecule has 0 aromatic heterocycles. The summed E-state index contributed by atoms with van der Waals surface area (Å²) in [5.74, 6) is -9.24. The molecule has 0 radical (unpaired) electrons. The fourth-order valence-electron chi connectivity index (χ4n) is 7.84. The Balaban J connectivity index is 2.27. The van der Waals surface area contributed by atoms with Gasteiger partial charge in [-0.3, -0.25) is 38.4 Å². The largest absolute Gasteiger partial charge is 0.508 e. The number of phenolic OH excluding ortho intramolecular Hbond substituents is 1. The van der Waals surface area contributed by atoms with Crippen LogP contribution in [0.25, 0.3) is 0 Å². The summed E-state index contributed by atoms with van der Waals surface area (Å²) in [5, 5.41) is 34.6. The van der Waals surface area contributed by atoms with Gasteiger partial charge in [-0.1, -0.05) is 80.4 Å². The van der Waals surface area contributed by atoms with Crippen LogP contribution in [0.5, 0.6) is 5.75 Å². The Morgan fingerprint density at radius 3 is 1.98 bits per heavy atom. The summed E-state index contributed by atoms with van der Waals surface area (Å²) in [4.78, 5) is 128. The van der Waals surface area contributed by atoms with Gasteiger partial charge in [0, 0.05) is 25.8 Å². The first-order valence-corrected chi connectivity index (χ1v) is 23.0. The van der Waals surface area contributed by atoms with Gasteiger partial charge < -0.3 is 57.1 Å². The van der Waals surface area contributed by atoms with Crippen LogP contribution < -0.4 is 32.3 Å². The Hall–Kier alpha value is -5.79. The highest BCUT2D eigenvalue weighted by Gasteiger charge is 2.46. The van der Waals surface area contributed by atoms with Crippen molar-refractivity contribution in [3.05, 3.63) is 29.8 Å². The summed E-state index contributed by atoms with van der Waals surface area (Å²) in [5.41, 5.74) is 5.92. The number of ether oxygens (including phenoxy) is 1. The molecule has 2 heterocycles. The fraction of sp³-hybridized carbons (Fsp3) is 0.674. The van der Waals surface area contributed by atoms with E-state index in [4.69, 9.17) is 10.5 Å². The lowest BCUT2D eigenvalue weighted by atomic mass is 9.95.